The minimum atomic E-state index is -1.01. The number of anilines is 1. The van der Waals surface area contributed by atoms with Gasteiger partial charge in [-0.15, -0.1) is 0 Å². The van der Waals surface area contributed by atoms with E-state index in [-0.39, 0.29) is 21.3 Å². The summed E-state index contributed by atoms with van der Waals surface area (Å²) in [5.74, 6) is -2.17. The molecule has 0 bridgehead atoms. The second-order valence-electron chi connectivity index (χ2n) is 7.58. The molecule has 1 fully saturated rings. The van der Waals surface area contributed by atoms with E-state index >= 15 is 0 Å². The number of thiazole rings is 1. The maximum absolute atomic E-state index is 13.3. The Morgan fingerprint density at radius 3 is 2.57 bits per heavy atom. The molecule has 3 aromatic rings. The summed E-state index contributed by atoms with van der Waals surface area (Å²) in [6.07, 6.45) is 0. The molecule has 8 nitrogen and oxygen atoms in total. The summed E-state index contributed by atoms with van der Waals surface area (Å²) in [6, 6.07) is 12.2. The normalized spacial score (nSPS) is 17.0. The van der Waals surface area contributed by atoms with Gasteiger partial charge in [-0.2, -0.15) is 0 Å². The first-order valence-corrected chi connectivity index (χ1v) is 11.8. The molecule has 1 aliphatic rings. The number of carbonyl (C=O) groups excluding carboxylic acids is 3. The van der Waals surface area contributed by atoms with Crippen LogP contribution in [0.4, 0.5) is 5.13 Å². The third-order valence-electron chi connectivity index (χ3n) is 5.41. The SMILES string of the molecule is CCOc1cccc(C2/C(=C(\O)c3ccc(Cl)cc3)C(=O)C(=O)N2c2nc(C)c(C(=O)OC)s2)c1. The van der Waals surface area contributed by atoms with Crippen LogP contribution in [0.25, 0.3) is 5.76 Å². The van der Waals surface area contributed by atoms with Crippen molar-refractivity contribution in [3.8, 4) is 5.75 Å². The maximum Gasteiger partial charge on any atom is 0.350 e. The van der Waals surface area contributed by atoms with Gasteiger partial charge in [-0.05, 0) is 55.8 Å². The van der Waals surface area contributed by atoms with E-state index in [1.54, 1.807) is 55.5 Å². The van der Waals surface area contributed by atoms with E-state index < -0.39 is 23.7 Å². The zero-order valence-corrected chi connectivity index (χ0v) is 20.6. The summed E-state index contributed by atoms with van der Waals surface area (Å²) in [7, 11) is 1.25. The highest BCUT2D eigenvalue weighted by atomic mass is 35.5. The van der Waals surface area contributed by atoms with Gasteiger partial charge < -0.3 is 14.6 Å². The molecule has 2 aromatic carbocycles. The fraction of sp³-hybridized carbons (Fsp3) is 0.200. The Bertz CT molecular complexity index is 1350. The van der Waals surface area contributed by atoms with Crippen LogP contribution in [0.15, 0.2) is 54.1 Å². The van der Waals surface area contributed by atoms with Gasteiger partial charge in [0.1, 0.15) is 16.4 Å². The Morgan fingerprint density at radius 1 is 1.20 bits per heavy atom. The molecule has 0 spiro atoms. The first-order chi connectivity index (χ1) is 16.8. The summed E-state index contributed by atoms with van der Waals surface area (Å²) in [4.78, 5) is 44.5. The van der Waals surface area contributed by atoms with Crippen LogP contribution in [0.3, 0.4) is 0 Å². The number of rotatable bonds is 6. The van der Waals surface area contributed by atoms with Crippen molar-refractivity contribution in [3.05, 3.63) is 80.8 Å². The molecule has 1 saturated heterocycles. The van der Waals surface area contributed by atoms with Crippen molar-refractivity contribution in [1.82, 2.24) is 4.98 Å². The van der Waals surface area contributed by atoms with Gasteiger partial charge in [-0.1, -0.05) is 35.1 Å². The van der Waals surface area contributed by atoms with Gasteiger partial charge in [0, 0.05) is 10.6 Å². The van der Waals surface area contributed by atoms with Gasteiger partial charge in [0.2, 0.25) is 0 Å². The summed E-state index contributed by atoms with van der Waals surface area (Å²) in [6.45, 7) is 3.87. The predicted octanol–water partition coefficient (Wildman–Crippen LogP) is 4.92. The molecule has 1 amide bonds. The van der Waals surface area contributed by atoms with E-state index in [1.165, 1.54) is 12.0 Å². The lowest BCUT2D eigenvalue weighted by atomic mass is 9.95. The predicted molar refractivity (Wildman–Crippen MR) is 132 cm³/mol. The number of aliphatic hydroxyl groups excluding tert-OH is 1. The van der Waals surface area contributed by atoms with Gasteiger partial charge in [0.25, 0.3) is 5.78 Å². The number of aromatic nitrogens is 1. The Balaban J connectivity index is 1.94. The monoisotopic (exact) mass is 512 g/mol. The minimum Gasteiger partial charge on any atom is -0.507 e. The van der Waals surface area contributed by atoms with Crippen molar-refractivity contribution >= 4 is 51.5 Å². The van der Waals surface area contributed by atoms with Crippen LogP contribution in [0, 0.1) is 6.92 Å². The molecule has 35 heavy (non-hydrogen) atoms. The highest BCUT2D eigenvalue weighted by Gasteiger charge is 2.48. The molecule has 2 heterocycles. The van der Waals surface area contributed by atoms with Crippen molar-refractivity contribution in [1.29, 1.82) is 0 Å². The van der Waals surface area contributed by atoms with Crippen LogP contribution in [-0.4, -0.2) is 41.5 Å². The number of methoxy groups -OCH3 is 1. The van der Waals surface area contributed by atoms with Crippen LogP contribution >= 0.6 is 22.9 Å². The molecule has 1 atom stereocenters. The van der Waals surface area contributed by atoms with Gasteiger partial charge in [-0.25, -0.2) is 9.78 Å². The molecule has 10 heteroatoms. The molecule has 1 aromatic heterocycles. The second-order valence-corrected chi connectivity index (χ2v) is 9.00. The summed E-state index contributed by atoms with van der Waals surface area (Å²) < 4.78 is 10.4. The third kappa shape index (κ3) is 4.52. The number of aliphatic hydroxyl groups is 1. The Kier molecular flexibility index (Phi) is 6.90. The van der Waals surface area contributed by atoms with E-state index in [0.29, 0.717) is 34.2 Å². The first kappa shape index (κ1) is 24.4. The van der Waals surface area contributed by atoms with E-state index in [4.69, 9.17) is 21.1 Å². The highest BCUT2D eigenvalue weighted by Crippen LogP contribution is 2.44. The molecular formula is C25H21ClN2O6S. The van der Waals surface area contributed by atoms with Gasteiger partial charge in [0.05, 0.1) is 31.0 Å². The van der Waals surface area contributed by atoms with Crippen LogP contribution in [-0.2, 0) is 14.3 Å². The topological polar surface area (TPSA) is 106 Å². The number of ether oxygens (including phenoxy) is 2. The smallest absolute Gasteiger partial charge is 0.350 e. The molecule has 0 saturated carbocycles. The van der Waals surface area contributed by atoms with Gasteiger partial charge in [-0.3, -0.25) is 14.5 Å². The highest BCUT2D eigenvalue weighted by molar-refractivity contribution is 7.17. The van der Waals surface area contributed by atoms with E-state index in [9.17, 15) is 19.5 Å². The number of halogens is 1. The molecule has 0 radical (unpaired) electrons. The molecule has 1 unspecified atom stereocenters. The van der Waals surface area contributed by atoms with Crippen molar-refractivity contribution < 1.29 is 29.0 Å². The molecule has 1 N–H and O–H groups in total. The third-order valence-corrected chi connectivity index (χ3v) is 6.80. The number of hydrogen-bond donors (Lipinski definition) is 1. The zero-order chi connectivity index (χ0) is 25.3. The summed E-state index contributed by atoms with van der Waals surface area (Å²) >= 11 is 6.91. The second kappa shape index (κ2) is 9.89. The number of hydrogen-bond acceptors (Lipinski definition) is 8. The fourth-order valence-corrected chi connectivity index (χ4v) is 4.95. The zero-order valence-electron chi connectivity index (χ0n) is 19.1. The van der Waals surface area contributed by atoms with Gasteiger partial charge in [0.15, 0.2) is 5.13 Å². The number of amides is 1. The Morgan fingerprint density at radius 2 is 1.91 bits per heavy atom. The molecule has 0 aliphatic carbocycles. The first-order valence-electron chi connectivity index (χ1n) is 10.6. The minimum absolute atomic E-state index is 0.113. The quantitative estimate of drug-likeness (QED) is 0.216. The average molecular weight is 513 g/mol. The lowest BCUT2D eigenvalue weighted by molar-refractivity contribution is -0.132. The maximum atomic E-state index is 13.3. The number of Topliss-reactive ketones (excluding diaryl/α,β-unsaturated/α-hetero) is 1. The number of nitrogens with zero attached hydrogens (tertiary/aromatic N) is 2. The standard InChI is InChI=1S/C25H21ClN2O6S/c1-4-34-17-7-5-6-15(12-17)19-18(20(29)14-8-10-16(26)11-9-14)21(30)23(31)28(19)25-27-13(2)22(35-25)24(32)33-3/h5-12,19,29H,4H2,1-3H3/b20-18+. The summed E-state index contributed by atoms with van der Waals surface area (Å²) in [5.41, 5.74) is 1.10. The van der Waals surface area contributed by atoms with Crippen LogP contribution in [0.1, 0.15) is 39.5 Å². The molecule has 1 aliphatic heterocycles. The van der Waals surface area contributed by atoms with Crippen LogP contribution in [0.5, 0.6) is 5.75 Å². The molecule has 4 rings (SSSR count). The average Bonchev–Trinajstić information content (AvgIpc) is 3.36. The van der Waals surface area contributed by atoms with E-state index in [0.717, 1.165) is 11.3 Å². The number of carbonyl (C=O) groups is 3. The largest absolute Gasteiger partial charge is 0.507 e. The fourth-order valence-electron chi connectivity index (χ4n) is 3.82. The Hall–Kier alpha value is -3.69. The van der Waals surface area contributed by atoms with Crippen molar-refractivity contribution in [2.75, 3.05) is 18.6 Å². The van der Waals surface area contributed by atoms with Crippen molar-refractivity contribution in [2.24, 2.45) is 0 Å². The van der Waals surface area contributed by atoms with Crippen molar-refractivity contribution in [2.45, 2.75) is 19.9 Å². The number of ketones is 1. The number of aryl methyl sites for hydroxylation is 1. The van der Waals surface area contributed by atoms with Crippen molar-refractivity contribution in [3.63, 3.8) is 0 Å². The van der Waals surface area contributed by atoms with Gasteiger partial charge >= 0.3 is 11.9 Å². The van der Waals surface area contributed by atoms with Crippen LogP contribution < -0.4 is 9.64 Å². The van der Waals surface area contributed by atoms with E-state index in [2.05, 4.69) is 4.98 Å². The lowest BCUT2D eigenvalue weighted by Crippen LogP contribution is -2.29. The molecule has 180 valence electrons. The van der Waals surface area contributed by atoms with E-state index in [1.807, 2.05) is 6.92 Å². The number of benzene rings is 2. The molecular weight excluding hydrogens is 492 g/mol. The number of esters is 1. The van der Waals surface area contributed by atoms with Crippen LogP contribution in [0.2, 0.25) is 5.02 Å². The Labute approximate surface area is 210 Å². The summed E-state index contributed by atoms with van der Waals surface area (Å²) in [5, 5.41) is 11.8. The lowest BCUT2D eigenvalue weighted by Gasteiger charge is -2.23.